The smallest absolute Gasteiger partial charge is 0.257 e. The Kier molecular flexibility index (Phi) is 4.87. The van der Waals surface area contributed by atoms with Crippen molar-refractivity contribution in [2.75, 3.05) is 37.7 Å². The van der Waals surface area contributed by atoms with E-state index in [4.69, 9.17) is 9.72 Å². The molecule has 2 aromatic rings. The molecule has 1 aromatic heterocycles. The van der Waals surface area contributed by atoms with E-state index in [1.807, 2.05) is 18.2 Å². The number of ether oxygens (including phenoxy) is 1. The van der Waals surface area contributed by atoms with Gasteiger partial charge in [0.1, 0.15) is 12.4 Å². The summed E-state index contributed by atoms with van der Waals surface area (Å²) in [4.78, 5) is 25.3. The number of fused-ring (bicyclic) bond motifs is 2. The highest BCUT2D eigenvalue weighted by molar-refractivity contribution is 5.62. The lowest BCUT2D eigenvalue weighted by Gasteiger charge is -2.33. The largest absolute Gasteiger partial charge is 0.489 e. The van der Waals surface area contributed by atoms with Gasteiger partial charge >= 0.3 is 0 Å². The van der Waals surface area contributed by atoms with Gasteiger partial charge in [-0.25, -0.2) is 4.98 Å². The number of para-hydroxylation sites is 1. The Morgan fingerprint density at radius 3 is 3.07 bits per heavy atom. The van der Waals surface area contributed by atoms with Crippen LogP contribution in [0.25, 0.3) is 6.08 Å². The Balaban J connectivity index is 1.31. The molecule has 1 atom stereocenters. The van der Waals surface area contributed by atoms with Gasteiger partial charge in [-0.1, -0.05) is 25.1 Å². The Morgan fingerprint density at radius 2 is 2.17 bits per heavy atom. The zero-order valence-corrected chi connectivity index (χ0v) is 17.0. The first kappa shape index (κ1) is 18.4. The number of piperidine rings is 1. The van der Waals surface area contributed by atoms with Gasteiger partial charge in [0.2, 0.25) is 5.95 Å². The minimum atomic E-state index is 0.0205. The van der Waals surface area contributed by atoms with Gasteiger partial charge in [0.25, 0.3) is 5.56 Å². The Bertz CT molecular complexity index is 997. The van der Waals surface area contributed by atoms with E-state index >= 15 is 0 Å². The molecule has 3 aliphatic heterocycles. The molecule has 0 aliphatic carbocycles. The number of aromatic amines is 1. The van der Waals surface area contributed by atoms with E-state index in [-0.39, 0.29) is 5.56 Å². The number of anilines is 1. The molecule has 1 aromatic carbocycles. The summed E-state index contributed by atoms with van der Waals surface area (Å²) in [6.45, 7) is 7.21. The van der Waals surface area contributed by atoms with E-state index in [0.29, 0.717) is 19.1 Å². The molecule has 0 amide bonds. The number of H-pyrrole nitrogens is 1. The zero-order chi connectivity index (χ0) is 19.8. The van der Waals surface area contributed by atoms with Gasteiger partial charge < -0.3 is 9.64 Å². The molecule has 0 bridgehead atoms. The van der Waals surface area contributed by atoms with Gasteiger partial charge in [0.15, 0.2) is 0 Å². The van der Waals surface area contributed by atoms with Crippen molar-refractivity contribution in [3.05, 3.63) is 57.0 Å². The number of hydrogen-bond acceptors (Lipinski definition) is 5. The van der Waals surface area contributed by atoms with Crippen molar-refractivity contribution in [3.8, 4) is 5.75 Å². The molecule has 1 fully saturated rings. The van der Waals surface area contributed by atoms with Crippen molar-refractivity contribution in [3.63, 3.8) is 0 Å². The first-order valence-corrected chi connectivity index (χ1v) is 10.7. The van der Waals surface area contributed by atoms with Crippen molar-refractivity contribution < 1.29 is 4.74 Å². The Labute approximate surface area is 171 Å². The summed E-state index contributed by atoms with van der Waals surface area (Å²) in [6, 6.07) is 8.12. The first-order valence-electron chi connectivity index (χ1n) is 10.7. The molecule has 0 saturated carbocycles. The quantitative estimate of drug-likeness (QED) is 0.870. The summed E-state index contributed by atoms with van der Waals surface area (Å²) in [7, 11) is 0. The number of benzene rings is 1. The molecule has 1 N–H and O–H groups in total. The summed E-state index contributed by atoms with van der Waals surface area (Å²) in [6.07, 6.45) is 5.46. The van der Waals surface area contributed by atoms with Gasteiger partial charge in [0, 0.05) is 44.7 Å². The van der Waals surface area contributed by atoms with E-state index in [2.05, 4.69) is 33.8 Å². The maximum Gasteiger partial charge on any atom is 0.257 e. The lowest BCUT2D eigenvalue weighted by atomic mass is 10.0. The van der Waals surface area contributed by atoms with Gasteiger partial charge in [-0.05, 0) is 36.5 Å². The molecular weight excluding hydrogens is 364 g/mol. The molecule has 4 heterocycles. The van der Waals surface area contributed by atoms with Crippen LogP contribution in [0, 0.1) is 5.92 Å². The highest BCUT2D eigenvalue weighted by atomic mass is 16.5. The fourth-order valence-electron chi connectivity index (χ4n) is 4.68. The molecule has 5 rings (SSSR count). The third kappa shape index (κ3) is 3.81. The van der Waals surface area contributed by atoms with Gasteiger partial charge in [-0.15, -0.1) is 0 Å². The third-order valence-electron chi connectivity index (χ3n) is 6.21. The van der Waals surface area contributed by atoms with E-state index in [1.165, 1.54) is 12.0 Å². The van der Waals surface area contributed by atoms with Crippen LogP contribution in [0.5, 0.6) is 5.75 Å². The lowest BCUT2D eigenvalue weighted by molar-refractivity contribution is 0.254. The van der Waals surface area contributed by atoms with Gasteiger partial charge in [-0.3, -0.25) is 14.7 Å². The third-order valence-corrected chi connectivity index (χ3v) is 6.21. The van der Waals surface area contributed by atoms with Crippen LogP contribution >= 0.6 is 0 Å². The van der Waals surface area contributed by atoms with E-state index in [0.717, 1.165) is 67.5 Å². The van der Waals surface area contributed by atoms with Crippen molar-refractivity contribution >= 4 is 12.0 Å². The molecule has 3 aliphatic rings. The second kappa shape index (κ2) is 7.67. The summed E-state index contributed by atoms with van der Waals surface area (Å²) in [5.74, 6) is 2.35. The molecule has 152 valence electrons. The second-order valence-electron chi connectivity index (χ2n) is 8.60. The lowest BCUT2D eigenvalue weighted by Crippen LogP contribution is -2.40. The molecule has 1 saturated heterocycles. The average molecular weight is 393 g/mol. The standard InChI is InChI=1S/C23H28N4O2/c1-16-5-4-9-27(12-16)23-24-20-8-10-26(14-19(20)22(28)25-23)13-17-11-18-6-2-3-7-21(18)29-15-17/h2-3,6-7,11,16H,4-5,8-10,12-15H2,1H3,(H,24,25,28)/t16-/m1/s1. The Morgan fingerprint density at radius 1 is 1.28 bits per heavy atom. The van der Waals surface area contributed by atoms with E-state index in [1.54, 1.807) is 0 Å². The van der Waals surface area contributed by atoms with Crippen LogP contribution in [0.2, 0.25) is 0 Å². The average Bonchev–Trinajstić information content (AvgIpc) is 2.74. The van der Waals surface area contributed by atoms with Gasteiger partial charge in [-0.2, -0.15) is 0 Å². The predicted octanol–water partition coefficient (Wildman–Crippen LogP) is 2.84. The number of aromatic nitrogens is 2. The van der Waals surface area contributed by atoms with Crippen LogP contribution in [-0.4, -0.2) is 47.7 Å². The Hall–Kier alpha value is -2.60. The maximum atomic E-state index is 12.8. The summed E-state index contributed by atoms with van der Waals surface area (Å²) < 4.78 is 5.88. The SMILES string of the molecule is C[C@@H]1CCCN(c2nc3c(c(=O)[nH]2)CN(CC2=Cc4ccccc4OC2)CC3)C1. The highest BCUT2D eigenvalue weighted by Crippen LogP contribution is 2.27. The van der Waals surface area contributed by atoms with Gasteiger partial charge in [0.05, 0.1) is 11.3 Å². The summed E-state index contributed by atoms with van der Waals surface area (Å²) in [5, 5.41) is 0. The zero-order valence-electron chi connectivity index (χ0n) is 17.0. The molecule has 0 spiro atoms. The molecule has 6 nitrogen and oxygen atoms in total. The van der Waals surface area contributed by atoms with Crippen molar-refractivity contribution in [2.45, 2.75) is 32.7 Å². The normalized spacial score (nSPS) is 21.8. The monoisotopic (exact) mass is 392 g/mol. The van der Waals surface area contributed by atoms with Crippen LogP contribution in [0.15, 0.2) is 34.6 Å². The highest BCUT2D eigenvalue weighted by Gasteiger charge is 2.25. The number of hydrogen-bond donors (Lipinski definition) is 1. The molecular formula is C23H28N4O2. The molecule has 29 heavy (non-hydrogen) atoms. The first-order chi connectivity index (χ1) is 14.2. The van der Waals surface area contributed by atoms with Crippen LogP contribution in [0.1, 0.15) is 36.6 Å². The fourth-order valence-corrected chi connectivity index (χ4v) is 4.68. The van der Waals surface area contributed by atoms with Crippen LogP contribution in [-0.2, 0) is 13.0 Å². The topological polar surface area (TPSA) is 61.5 Å². The number of nitrogens with zero attached hydrogens (tertiary/aromatic N) is 3. The number of rotatable bonds is 3. The minimum absolute atomic E-state index is 0.0205. The summed E-state index contributed by atoms with van der Waals surface area (Å²) >= 11 is 0. The van der Waals surface area contributed by atoms with Crippen molar-refractivity contribution in [1.82, 2.24) is 14.9 Å². The van der Waals surface area contributed by atoms with Crippen molar-refractivity contribution in [2.24, 2.45) is 5.92 Å². The minimum Gasteiger partial charge on any atom is -0.489 e. The molecule has 6 heteroatoms. The molecule has 0 radical (unpaired) electrons. The maximum absolute atomic E-state index is 12.8. The van der Waals surface area contributed by atoms with Crippen molar-refractivity contribution in [1.29, 1.82) is 0 Å². The molecule has 0 unspecified atom stereocenters. The fraction of sp³-hybridized carbons (Fsp3) is 0.478. The second-order valence-corrected chi connectivity index (χ2v) is 8.60. The van der Waals surface area contributed by atoms with Crippen LogP contribution < -0.4 is 15.2 Å². The van der Waals surface area contributed by atoms with E-state index in [9.17, 15) is 4.79 Å². The summed E-state index contributed by atoms with van der Waals surface area (Å²) in [5.41, 5.74) is 4.19. The van der Waals surface area contributed by atoms with E-state index < -0.39 is 0 Å². The van der Waals surface area contributed by atoms with Crippen LogP contribution in [0.4, 0.5) is 5.95 Å². The van der Waals surface area contributed by atoms with Crippen LogP contribution in [0.3, 0.4) is 0 Å². The predicted molar refractivity (Wildman–Crippen MR) is 114 cm³/mol. The number of nitrogens with one attached hydrogen (secondary N) is 1.